The van der Waals surface area contributed by atoms with Crippen molar-refractivity contribution in [3.63, 3.8) is 0 Å². The van der Waals surface area contributed by atoms with E-state index >= 15 is 0 Å². The Morgan fingerprint density at radius 3 is 2.50 bits per heavy atom. The quantitative estimate of drug-likeness (QED) is 0.351. The van der Waals surface area contributed by atoms with Crippen LogP contribution >= 0.6 is 23.2 Å². The molecule has 0 aromatic heterocycles. The normalized spacial score (nSPS) is 9.32. The molecule has 1 rings (SSSR count). The number of rotatable bonds is 5. The molecule has 22 heavy (non-hydrogen) atoms. The largest absolute Gasteiger partial charge is 0.344 e. The molecule has 0 bridgehead atoms. The van der Waals surface area contributed by atoms with E-state index in [0.717, 1.165) is 0 Å². The van der Waals surface area contributed by atoms with Crippen molar-refractivity contribution in [1.82, 2.24) is 16.1 Å². The molecular formula is C13H12Cl2N4O3. The van der Waals surface area contributed by atoms with Gasteiger partial charge in [0.1, 0.15) is 0 Å². The van der Waals surface area contributed by atoms with Crippen molar-refractivity contribution >= 4 is 46.6 Å². The van der Waals surface area contributed by atoms with Crippen LogP contribution in [0.4, 0.5) is 5.69 Å². The average Bonchev–Trinajstić information content (AvgIpc) is 2.49. The maximum atomic E-state index is 11.5. The average molecular weight is 343 g/mol. The molecule has 0 heterocycles. The van der Waals surface area contributed by atoms with Crippen LogP contribution in [-0.2, 0) is 14.4 Å². The molecular weight excluding hydrogens is 331 g/mol. The van der Waals surface area contributed by atoms with E-state index in [9.17, 15) is 14.4 Å². The van der Waals surface area contributed by atoms with Crippen molar-refractivity contribution in [2.24, 2.45) is 0 Å². The van der Waals surface area contributed by atoms with E-state index in [1.807, 2.05) is 0 Å². The van der Waals surface area contributed by atoms with Crippen molar-refractivity contribution in [3.05, 3.63) is 28.2 Å². The van der Waals surface area contributed by atoms with Gasteiger partial charge in [-0.2, -0.15) is 0 Å². The van der Waals surface area contributed by atoms with Gasteiger partial charge in [-0.15, -0.1) is 6.42 Å². The fraction of sp³-hybridized carbons (Fsp3) is 0.154. The highest BCUT2D eigenvalue weighted by atomic mass is 35.5. The van der Waals surface area contributed by atoms with Crippen LogP contribution in [-0.4, -0.2) is 30.8 Å². The Hall–Kier alpha value is -2.43. The van der Waals surface area contributed by atoms with Gasteiger partial charge >= 0.3 is 11.8 Å². The summed E-state index contributed by atoms with van der Waals surface area (Å²) >= 11 is 11.6. The maximum Gasteiger partial charge on any atom is 0.327 e. The number of carbonyl (C=O) groups excluding carboxylic acids is 3. The third-order valence-corrected chi connectivity index (χ3v) is 2.79. The van der Waals surface area contributed by atoms with E-state index in [4.69, 9.17) is 29.6 Å². The molecule has 4 N–H and O–H groups in total. The molecule has 1 aromatic carbocycles. The SMILES string of the molecule is C#CCNC(=O)CNC(=O)C(=O)NNc1ccc(Cl)cc1Cl. The van der Waals surface area contributed by atoms with Crippen molar-refractivity contribution < 1.29 is 14.4 Å². The number of terminal acetylenes is 1. The van der Waals surface area contributed by atoms with Crippen LogP contribution in [0.5, 0.6) is 0 Å². The summed E-state index contributed by atoms with van der Waals surface area (Å²) in [5, 5.41) is 5.15. The molecule has 0 atom stereocenters. The first-order chi connectivity index (χ1) is 10.4. The van der Waals surface area contributed by atoms with Crippen molar-refractivity contribution in [2.75, 3.05) is 18.5 Å². The van der Waals surface area contributed by atoms with E-state index in [-0.39, 0.29) is 18.1 Å². The number of hydrazine groups is 1. The molecule has 0 aliphatic carbocycles. The highest BCUT2D eigenvalue weighted by molar-refractivity contribution is 6.37. The van der Waals surface area contributed by atoms with Gasteiger partial charge in [-0.25, -0.2) is 0 Å². The molecule has 0 aliphatic rings. The number of amides is 3. The van der Waals surface area contributed by atoms with Gasteiger partial charge in [0.25, 0.3) is 0 Å². The van der Waals surface area contributed by atoms with Crippen molar-refractivity contribution in [1.29, 1.82) is 0 Å². The highest BCUT2D eigenvalue weighted by Gasteiger charge is 2.14. The molecule has 9 heteroatoms. The predicted octanol–water partition coefficient (Wildman–Crippen LogP) is 0.302. The monoisotopic (exact) mass is 342 g/mol. The van der Waals surface area contributed by atoms with Crippen LogP contribution in [0, 0.1) is 12.3 Å². The summed E-state index contributed by atoms with van der Waals surface area (Å²) in [4.78, 5) is 34.1. The molecule has 0 aliphatic heterocycles. The van der Waals surface area contributed by atoms with Gasteiger partial charge in [-0.3, -0.25) is 25.2 Å². The summed E-state index contributed by atoms with van der Waals surface area (Å²) in [5.41, 5.74) is 4.96. The number of hydrogen-bond donors (Lipinski definition) is 4. The van der Waals surface area contributed by atoms with Crippen LogP contribution in [0.1, 0.15) is 0 Å². The second-order valence-corrected chi connectivity index (χ2v) is 4.71. The molecule has 0 spiro atoms. The fourth-order valence-electron chi connectivity index (χ4n) is 1.22. The first-order valence-electron chi connectivity index (χ1n) is 5.93. The highest BCUT2D eigenvalue weighted by Crippen LogP contribution is 2.24. The van der Waals surface area contributed by atoms with E-state index in [1.54, 1.807) is 6.07 Å². The zero-order chi connectivity index (χ0) is 16.5. The summed E-state index contributed by atoms with van der Waals surface area (Å²) in [5.74, 6) is -0.288. The van der Waals surface area contributed by atoms with Crippen LogP contribution in [0.2, 0.25) is 10.0 Å². The van der Waals surface area contributed by atoms with E-state index in [0.29, 0.717) is 10.7 Å². The lowest BCUT2D eigenvalue weighted by atomic mass is 10.3. The molecule has 116 valence electrons. The van der Waals surface area contributed by atoms with Gasteiger partial charge in [-0.05, 0) is 18.2 Å². The van der Waals surface area contributed by atoms with Gasteiger partial charge < -0.3 is 10.6 Å². The molecule has 0 saturated heterocycles. The summed E-state index contributed by atoms with van der Waals surface area (Å²) in [6.07, 6.45) is 4.95. The summed E-state index contributed by atoms with van der Waals surface area (Å²) in [7, 11) is 0. The second kappa shape index (κ2) is 8.77. The van der Waals surface area contributed by atoms with E-state index in [1.165, 1.54) is 12.1 Å². The molecule has 1 aromatic rings. The lowest BCUT2D eigenvalue weighted by Crippen LogP contribution is -2.45. The molecule has 0 unspecified atom stereocenters. The third-order valence-electron chi connectivity index (χ3n) is 2.25. The molecule has 0 saturated carbocycles. The minimum Gasteiger partial charge on any atom is -0.344 e. The number of benzene rings is 1. The van der Waals surface area contributed by atoms with Crippen LogP contribution in [0.25, 0.3) is 0 Å². The van der Waals surface area contributed by atoms with Crippen LogP contribution in [0.3, 0.4) is 0 Å². The summed E-state index contributed by atoms with van der Waals surface area (Å²) < 4.78 is 0. The third kappa shape index (κ3) is 5.91. The Morgan fingerprint density at radius 1 is 1.14 bits per heavy atom. The Bertz CT molecular complexity index is 628. The van der Waals surface area contributed by atoms with Crippen molar-refractivity contribution in [3.8, 4) is 12.3 Å². The zero-order valence-electron chi connectivity index (χ0n) is 11.2. The molecule has 0 radical (unpaired) electrons. The van der Waals surface area contributed by atoms with Gasteiger partial charge in [0.15, 0.2) is 0 Å². The first kappa shape index (κ1) is 17.6. The molecule has 7 nitrogen and oxygen atoms in total. The predicted molar refractivity (Wildman–Crippen MR) is 83.1 cm³/mol. The Labute approximate surface area is 136 Å². The maximum absolute atomic E-state index is 11.5. The van der Waals surface area contributed by atoms with E-state index < -0.39 is 17.7 Å². The van der Waals surface area contributed by atoms with Gasteiger partial charge in [0.05, 0.1) is 23.8 Å². The minimum atomic E-state index is -0.992. The molecule has 0 fully saturated rings. The Balaban J connectivity index is 2.40. The summed E-state index contributed by atoms with van der Waals surface area (Å²) in [6.45, 7) is -0.326. The van der Waals surface area contributed by atoms with E-state index in [2.05, 4.69) is 27.4 Å². The van der Waals surface area contributed by atoms with Crippen molar-refractivity contribution in [2.45, 2.75) is 0 Å². The number of anilines is 1. The lowest BCUT2D eigenvalue weighted by molar-refractivity contribution is -0.139. The minimum absolute atomic E-state index is 0.0392. The second-order valence-electron chi connectivity index (χ2n) is 3.87. The number of halogens is 2. The first-order valence-corrected chi connectivity index (χ1v) is 6.69. The van der Waals surface area contributed by atoms with Gasteiger partial charge in [0.2, 0.25) is 5.91 Å². The Morgan fingerprint density at radius 2 is 1.86 bits per heavy atom. The summed E-state index contributed by atoms with van der Waals surface area (Å²) in [6, 6.07) is 4.54. The number of carbonyl (C=O) groups is 3. The zero-order valence-corrected chi connectivity index (χ0v) is 12.7. The number of nitrogens with one attached hydrogen (secondary N) is 4. The van der Waals surface area contributed by atoms with Crippen LogP contribution in [0.15, 0.2) is 18.2 Å². The molecule has 3 amide bonds. The lowest BCUT2D eigenvalue weighted by Gasteiger charge is -2.10. The smallest absolute Gasteiger partial charge is 0.327 e. The Kier molecular flexibility index (Phi) is 7.02. The standard InChI is InChI=1S/C13H12Cl2N4O3/c1-2-5-16-11(20)7-17-12(21)13(22)19-18-10-4-3-8(14)6-9(10)15/h1,3-4,6,18H,5,7H2,(H,16,20)(H,17,21)(H,19,22). The van der Waals surface area contributed by atoms with Gasteiger partial charge in [0, 0.05) is 5.02 Å². The topological polar surface area (TPSA) is 99.3 Å². The van der Waals surface area contributed by atoms with Crippen LogP contribution < -0.4 is 21.5 Å². The van der Waals surface area contributed by atoms with Gasteiger partial charge in [-0.1, -0.05) is 29.1 Å². The fourth-order valence-corrected chi connectivity index (χ4v) is 1.68. The number of hydrogen-bond acceptors (Lipinski definition) is 4.